The lowest BCUT2D eigenvalue weighted by molar-refractivity contribution is -0.124. The number of rotatable bonds is 8. The maximum Gasteiger partial charge on any atom is 0.375 e. The van der Waals surface area contributed by atoms with Gasteiger partial charge in [0.15, 0.2) is 18.1 Å². The molecule has 4 rings (SSSR count). The van der Waals surface area contributed by atoms with Crippen LogP contribution in [0.15, 0.2) is 40.8 Å². The first-order valence-electron chi connectivity index (χ1n) is 10.5. The maximum absolute atomic E-state index is 12.4. The lowest BCUT2D eigenvalue weighted by Crippen LogP contribution is -2.30. The van der Waals surface area contributed by atoms with Gasteiger partial charge in [0.1, 0.15) is 24.5 Å². The topological polar surface area (TPSA) is 96.2 Å². The predicted molar refractivity (Wildman–Crippen MR) is 117 cm³/mol. The van der Waals surface area contributed by atoms with Crippen LogP contribution in [0, 0.1) is 6.92 Å². The van der Waals surface area contributed by atoms with Crippen molar-refractivity contribution >= 4 is 22.8 Å². The molecule has 1 amide bonds. The summed E-state index contributed by atoms with van der Waals surface area (Å²) in [5, 5.41) is 3.52. The summed E-state index contributed by atoms with van der Waals surface area (Å²) in [6.45, 7) is 5.30. The number of ether oxygens (including phenoxy) is 4. The normalized spacial score (nSPS) is 12.4. The van der Waals surface area contributed by atoms with Crippen molar-refractivity contribution in [3.63, 3.8) is 0 Å². The van der Waals surface area contributed by atoms with Gasteiger partial charge in [0.05, 0.1) is 6.61 Å². The number of aryl methyl sites for hydroxylation is 1. The number of amides is 1. The van der Waals surface area contributed by atoms with Crippen molar-refractivity contribution in [3.8, 4) is 17.2 Å². The van der Waals surface area contributed by atoms with Crippen LogP contribution in [-0.4, -0.2) is 44.8 Å². The second kappa shape index (κ2) is 9.64. The molecule has 0 spiro atoms. The number of fused-ring (bicyclic) bond motifs is 2. The largest absolute Gasteiger partial charge is 0.494 e. The monoisotopic (exact) mass is 439 g/mol. The van der Waals surface area contributed by atoms with Crippen molar-refractivity contribution in [2.24, 2.45) is 0 Å². The summed E-state index contributed by atoms with van der Waals surface area (Å²) in [5.74, 6) is 1.15. The molecule has 1 aliphatic heterocycles. The molecule has 0 fully saturated rings. The fraction of sp³-hybridized carbons (Fsp3) is 0.333. The number of furan rings is 1. The highest BCUT2D eigenvalue weighted by Crippen LogP contribution is 2.31. The van der Waals surface area contributed by atoms with Gasteiger partial charge in [0.25, 0.3) is 5.91 Å². The molecule has 3 aromatic rings. The second-order valence-electron chi connectivity index (χ2n) is 7.30. The molecule has 2 aromatic carbocycles. The van der Waals surface area contributed by atoms with Crippen molar-refractivity contribution in [1.29, 1.82) is 0 Å². The zero-order valence-corrected chi connectivity index (χ0v) is 18.1. The van der Waals surface area contributed by atoms with E-state index < -0.39 is 5.97 Å². The molecule has 0 saturated carbocycles. The Bertz CT molecular complexity index is 1130. The van der Waals surface area contributed by atoms with E-state index >= 15 is 0 Å². The minimum atomic E-state index is -0.682. The summed E-state index contributed by atoms with van der Waals surface area (Å²) >= 11 is 0. The third-order valence-corrected chi connectivity index (χ3v) is 5.08. The Labute approximate surface area is 185 Å². The Balaban J connectivity index is 1.27. The van der Waals surface area contributed by atoms with Gasteiger partial charge in [0, 0.05) is 17.5 Å². The van der Waals surface area contributed by atoms with Gasteiger partial charge in [-0.25, -0.2) is 4.79 Å². The van der Waals surface area contributed by atoms with Gasteiger partial charge in [-0.2, -0.15) is 0 Å². The molecule has 0 radical (unpaired) electrons. The lowest BCUT2D eigenvalue weighted by atomic mass is 10.1. The SMILES string of the molecule is CCOc1ccc2oc(C(=O)OCC(=O)NCCc3ccc4c(c3)OCCO4)c(C)c2c1. The Morgan fingerprint density at radius 3 is 2.69 bits per heavy atom. The summed E-state index contributed by atoms with van der Waals surface area (Å²) < 4.78 is 27.3. The first-order chi connectivity index (χ1) is 15.5. The van der Waals surface area contributed by atoms with Crippen molar-refractivity contribution in [1.82, 2.24) is 5.32 Å². The van der Waals surface area contributed by atoms with E-state index in [1.165, 1.54) is 0 Å². The third kappa shape index (κ3) is 4.80. The molecule has 2 heterocycles. The predicted octanol–water partition coefficient (Wildman–Crippen LogP) is 3.43. The number of hydrogen-bond acceptors (Lipinski definition) is 7. The van der Waals surface area contributed by atoms with E-state index in [1.54, 1.807) is 19.1 Å². The number of carbonyl (C=O) groups excluding carboxylic acids is 2. The summed E-state index contributed by atoms with van der Waals surface area (Å²) in [4.78, 5) is 24.5. The smallest absolute Gasteiger partial charge is 0.375 e. The molecule has 8 heteroatoms. The van der Waals surface area contributed by atoms with Crippen LogP contribution in [0.25, 0.3) is 11.0 Å². The number of esters is 1. The number of benzene rings is 2. The van der Waals surface area contributed by atoms with Crippen LogP contribution in [0.4, 0.5) is 0 Å². The highest BCUT2D eigenvalue weighted by Gasteiger charge is 2.20. The molecule has 1 aromatic heterocycles. The van der Waals surface area contributed by atoms with E-state index in [-0.39, 0.29) is 18.3 Å². The first kappa shape index (κ1) is 21.5. The third-order valence-electron chi connectivity index (χ3n) is 5.08. The van der Waals surface area contributed by atoms with Crippen molar-refractivity contribution in [3.05, 3.63) is 53.3 Å². The number of hydrogen-bond donors (Lipinski definition) is 1. The molecule has 32 heavy (non-hydrogen) atoms. The van der Waals surface area contributed by atoms with Crippen LogP contribution in [-0.2, 0) is 16.0 Å². The van der Waals surface area contributed by atoms with Crippen molar-refractivity contribution in [2.75, 3.05) is 33.0 Å². The first-order valence-corrected chi connectivity index (χ1v) is 10.5. The molecule has 0 unspecified atom stereocenters. The molecule has 0 atom stereocenters. The van der Waals surface area contributed by atoms with Crippen LogP contribution in [0.5, 0.6) is 17.2 Å². The average molecular weight is 439 g/mol. The minimum absolute atomic E-state index is 0.0812. The zero-order valence-electron chi connectivity index (χ0n) is 18.1. The maximum atomic E-state index is 12.4. The van der Waals surface area contributed by atoms with Crippen LogP contribution in [0.3, 0.4) is 0 Å². The van der Waals surface area contributed by atoms with E-state index in [2.05, 4.69) is 5.32 Å². The Morgan fingerprint density at radius 1 is 1.06 bits per heavy atom. The van der Waals surface area contributed by atoms with Crippen LogP contribution in [0.1, 0.15) is 28.6 Å². The molecular formula is C24H25NO7. The van der Waals surface area contributed by atoms with Gasteiger partial charge in [-0.15, -0.1) is 0 Å². The van der Waals surface area contributed by atoms with Crippen LogP contribution >= 0.6 is 0 Å². The van der Waals surface area contributed by atoms with Crippen LogP contribution < -0.4 is 19.5 Å². The number of carbonyl (C=O) groups is 2. The Hall–Kier alpha value is -3.68. The fourth-order valence-electron chi connectivity index (χ4n) is 3.49. The highest BCUT2D eigenvalue weighted by molar-refractivity contribution is 5.97. The summed E-state index contributed by atoms with van der Waals surface area (Å²) in [6.07, 6.45) is 0.612. The second-order valence-corrected chi connectivity index (χ2v) is 7.30. The van der Waals surface area contributed by atoms with E-state index in [0.717, 1.165) is 16.7 Å². The van der Waals surface area contributed by atoms with Gasteiger partial charge >= 0.3 is 5.97 Å². The zero-order chi connectivity index (χ0) is 22.5. The fourth-order valence-corrected chi connectivity index (χ4v) is 3.49. The summed E-state index contributed by atoms with van der Waals surface area (Å²) in [7, 11) is 0. The van der Waals surface area contributed by atoms with Crippen molar-refractivity contribution in [2.45, 2.75) is 20.3 Å². The van der Waals surface area contributed by atoms with Gasteiger partial charge in [-0.05, 0) is 56.2 Å². The van der Waals surface area contributed by atoms with Gasteiger partial charge < -0.3 is 28.7 Å². The van der Waals surface area contributed by atoms with E-state index in [1.807, 2.05) is 31.2 Å². The van der Waals surface area contributed by atoms with Gasteiger partial charge in [-0.1, -0.05) is 6.07 Å². The molecular weight excluding hydrogens is 414 g/mol. The standard InChI is InChI=1S/C24H25NO7/c1-3-28-17-5-7-19-18(13-17)15(2)23(32-19)24(27)31-14-22(26)25-9-8-16-4-6-20-21(12-16)30-11-10-29-20/h4-7,12-13H,3,8-11,14H2,1-2H3,(H,25,26). The molecule has 1 N–H and O–H groups in total. The van der Waals surface area contributed by atoms with E-state index in [0.29, 0.717) is 55.4 Å². The van der Waals surface area contributed by atoms with Crippen LogP contribution in [0.2, 0.25) is 0 Å². The molecule has 0 aliphatic carbocycles. The van der Waals surface area contributed by atoms with Gasteiger partial charge in [0.2, 0.25) is 5.76 Å². The number of nitrogens with one attached hydrogen (secondary N) is 1. The molecule has 0 bridgehead atoms. The molecule has 8 nitrogen and oxygen atoms in total. The quantitative estimate of drug-likeness (QED) is 0.537. The van der Waals surface area contributed by atoms with E-state index in [9.17, 15) is 9.59 Å². The molecule has 168 valence electrons. The minimum Gasteiger partial charge on any atom is -0.494 e. The summed E-state index contributed by atoms with van der Waals surface area (Å²) in [6, 6.07) is 11.0. The summed E-state index contributed by atoms with van der Waals surface area (Å²) in [5.41, 5.74) is 2.21. The van der Waals surface area contributed by atoms with E-state index in [4.69, 9.17) is 23.4 Å². The Kier molecular flexibility index (Phi) is 6.49. The highest BCUT2D eigenvalue weighted by atomic mass is 16.6. The average Bonchev–Trinajstić information content (AvgIpc) is 3.13. The lowest BCUT2D eigenvalue weighted by Gasteiger charge is -2.18. The van der Waals surface area contributed by atoms with Gasteiger partial charge in [-0.3, -0.25) is 4.79 Å². The molecule has 1 aliphatic rings. The van der Waals surface area contributed by atoms with Crippen molar-refractivity contribution < 1.29 is 33.0 Å². The Morgan fingerprint density at radius 2 is 1.88 bits per heavy atom. The molecule has 0 saturated heterocycles.